The smallest absolute Gasteiger partial charge is 0.245 e. The summed E-state index contributed by atoms with van der Waals surface area (Å²) in [5.74, 6) is 0.115. The second-order valence-corrected chi connectivity index (χ2v) is 4.18. The molecule has 5 heteroatoms. The van der Waals surface area contributed by atoms with Gasteiger partial charge in [0.15, 0.2) is 4.77 Å². The summed E-state index contributed by atoms with van der Waals surface area (Å²) in [6.07, 6.45) is 1.83. The van der Waals surface area contributed by atoms with Crippen molar-refractivity contribution in [2.45, 2.75) is 33.7 Å². The summed E-state index contributed by atoms with van der Waals surface area (Å²) in [5.41, 5.74) is 0.984. The van der Waals surface area contributed by atoms with Crippen molar-refractivity contribution in [1.82, 2.24) is 14.5 Å². The van der Waals surface area contributed by atoms with Crippen molar-refractivity contribution in [3.8, 4) is 0 Å². The van der Waals surface area contributed by atoms with E-state index in [1.807, 2.05) is 43.4 Å². The van der Waals surface area contributed by atoms with Crippen LogP contribution in [0.5, 0.6) is 0 Å². The van der Waals surface area contributed by atoms with E-state index < -0.39 is 0 Å². The highest BCUT2D eigenvalue weighted by molar-refractivity contribution is 7.71. The number of nitrogens with one attached hydrogen (secondary N) is 1. The fourth-order valence-corrected chi connectivity index (χ4v) is 2.22. The number of hydrogen-bond acceptors (Lipinski definition) is 2. The predicted octanol–water partition coefficient (Wildman–Crippen LogP) is 2.28. The molecule has 1 heterocycles. The minimum absolute atomic E-state index is 0.115. The molecule has 0 bridgehead atoms. The molecule has 0 aliphatic heterocycles. The first-order valence-corrected chi connectivity index (χ1v) is 5.99. The van der Waals surface area contributed by atoms with Crippen LogP contribution in [0, 0.1) is 11.7 Å². The molecule has 16 heavy (non-hydrogen) atoms. The number of carbonyl (C=O) groups excluding carboxylic acids is 1. The Morgan fingerprint density at radius 1 is 1.56 bits per heavy atom. The minimum Gasteiger partial charge on any atom is -0.341 e. The van der Waals surface area contributed by atoms with Crippen molar-refractivity contribution in [3.05, 3.63) is 16.7 Å². The second-order valence-electron chi connectivity index (χ2n) is 3.79. The minimum atomic E-state index is -0.237. The molecule has 1 aromatic heterocycles. The lowest BCUT2D eigenvalue weighted by atomic mass is 10.2. The molecule has 0 aliphatic carbocycles. The van der Waals surface area contributed by atoms with E-state index in [4.69, 9.17) is 12.2 Å². The van der Waals surface area contributed by atoms with Gasteiger partial charge in [0, 0.05) is 25.0 Å². The van der Waals surface area contributed by atoms with Crippen LogP contribution < -0.4 is 0 Å². The maximum atomic E-state index is 12.2. The van der Waals surface area contributed by atoms with E-state index in [2.05, 4.69) is 4.98 Å². The van der Waals surface area contributed by atoms with Crippen molar-refractivity contribution in [2.24, 2.45) is 0 Å². The summed E-state index contributed by atoms with van der Waals surface area (Å²) in [6, 6.07) is -0.237. The molecule has 1 unspecified atom stereocenters. The van der Waals surface area contributed by atoms with Crippen molar-refractivity contribution < 1.29 is 4.79 Å². The lowest BCUT2D eigenvalue weighted by Gasteiger charge is -2.24. The zero-order valence-corrected chi connectivity index (χ0v) is 11.1. The van der Waals surface area contributed by atoms with Crippen LogP contribution in [0.2, 0.25) is 0 Å². The number of aromatic nitrogens is 2. The normalized spacial score (nSPS) is 12.5. The first-order valence-electron chi connectivity index (χ1n) is 5.58. The van der Waals surface area contributed by atoms with Crippen molar-refractivity contribution >= 4 is 18.1 Å². The van der Waals surface area contributed by atoms with Crippen LogP contribution in [-0.2, 0) is 4.79 Å². The number of carbonyl (C=O) groups is 1. The van der Waals surface area contributed by atoms with E-state index in [1.165, 1.54) is 0 Å². The van der Waals surface area contributed by atoms with E-state index in [0.29, 0.717) is 4.77 Å². The maximum Gasteiger partial charge on any atom is 0.245 e. The van der Waals surface area contributed by atoms with Gasteiger partial charge in [-0.05, 0) is 39.9 Å². The number of hydrogen-bond donors (Lipinski definition) is 1. The van der Waals surface area contributed by atoms with Gasteiger partial charge in [-0.3, -0.25) is 4.79 Å². The number of aryl methyl sites for hydroxylation is 1. The lowest BCUT2D eigenvalue weighted by molar-refractivity contribution is -0.133. The van der Waals surface area contributed by atoms with Gasteiger partial charge >= 0.3 is 0 Å². The van der Waals surface area contributed by atoms with Gasteiger partial charge in [-0.25, -0.2) is 0 Å². The van der Waals surface area contributed by atoms with Crippen molar-refractivity contribution in [1.29, 1.82) is 0 Å². The first kappa shape index (κ1) is 13.0. The van der Waals surface area contributed by atoms with E-state index in [9.17, 15) is 4.79 Å². The van der Waals surface area contributed by atoms with Gasteiger partial charge in [0.2, 0.25) is 5.91 Å². The van der Waals surface area contributed by atoms with Crippen LogP contribution in [0.1, 0.15) is 32.5 Å². The van der Waals surface area contributed by atoms with Crippen molar-refractivity contribution in [2.75, 3.05) is 13.1 Å². The number of rotatable bonds is 4. The molecular weight excluding hydrogens is 222 g/mol. The van der Waals surface area contributed by atoms with E-state index in [-0.39, 0.29) is 11.9 Å². The third-order valence-electron chi connectivity index (χ3n) is 2.82. The molecule has 0 aliphatic rings. The van der Waals surface area contributed by atoms with Crippen LogP contribution in [0.15, 0.2) is 6.20 Å². The average molecular weight is 241 g/mol. The van der Waals surface area contributed by atoms with Crippen molar-refractivity contribution in [3.63, 3.8) is 0 Å². The molecule has 1 amide bonds. The Balaban J connectivity index is 2.98. The molecule has 4 nitrogen and oxygen atoms in total. The molecule has 0 spiro atoms. The molecule has 1 atom stereocenters. The van der Waals surface area contributed by atoms with Crippen LogP contribution in [0.4, 0.5) is 0 Å². The zero-order valence-electron chi connectivity index (χ0n) is 10.3. The summed E-state index contributed by atoms with van der Waals surface area (Å²) in [6.45, 7) is 9.26. The van der Waals surface area contributed by atoms with Crippen LogP contribution in [0.25, 0.3) is 0 Å². The van der Waals surface area contributed by atoms with E-state index in [1.54, 1.807) is 0 Å². The summed E-state index contributed by atoms with van der Waals surface area (Å²) in [5, 5.41) is 0. The Morgan fingerprint density at radius 2 is 2.12 bits per heavy atom. The molecule has 1 N–H and O–H groups in total. The highest BCUT2D eigenvalue weighted by atomic mass is 32.1. The molecule has 0 fully saturated rings. The molecule has 90 valence electrons. The molecule has 0 aromatic carbocycles. The summed E-state index contributed by atoms with van der Waals surface area (Å²) >= 11 is 5.16. The monoisotopic (exact) mass is 241 g/mol. The quantitative estimate of drug-likeness (QED) is 0.822. The van der Waals surface area contributed by atoms with Gasteiger partial charge in [0.25, 0.3) is 0 Å². The Hall–Kier alpha value is -1.10. The highest BCUT2D eigenvalue weighted by Gasteiger charge is 2.21. The Bertz CT molecular complexity index is 417. The molecular formula is C11H19N3OS. The molecule has 0 saturated heterocycles. The number of amides is 1. The van der Waals surface area contributed by atoms with Gasteiger partial charge in [-0.2, -0.15) is 0 Å². The fraction of sp³-hybridized carbons (Fsp3) is 0.636. The SMILES string of the molecule is CCN(CC)C(=O)C(C)n1c(C)c[nH]c1=S. The summed E-state index contributed by atoms with van der Waals surface area (Å²) in [7, 11) is 0. The van der Waals surface area contributed by atoms with Gasteiger partial charge in [0.05, 0.1) is 0 Å². The van der Waals surface area contributed by atoms with Gasteiger partial charge in [-0.15, -0.1) is 0 Å². The number of nitrogens with zero attached hydrogens (tertiary/aromatic N) is 2. The third kappa shape index (κ3) is 2.35. The summed E-state index contributed by atoms with van der Waals surface area (Å²) in [4.78, 5) is 16.9. The molecule has 0 saturated carbocycles. The maximum absolute atomic E-state index is 12.2. The standard InChI is InChI=1S/C11H19N3OS/c1-5-13(6-2)10(15)9(4)14-8(3)7-12-11(14)16/h7,9H,5-6H2,1-4H3,(H,12,16). The largest absolute Gasteiger partial charge is 0.341 e. The Morgan fingerprint density at radius 3 is 2.50 bits per heavy atom. The second kappa shape index (κ2) is 5.30. The predicted molar refractivity (Wildman–Crippen MR) is 67.0 cm³/mol. The third-order valence-corrected chi connectivity index (χ3v) is 3.14. The lowest BCUT2D eigenvalue weighted by Crippen LogP contribution is -2.36. The topological polar surface area (TPSA) is 41.0 Å². The summed E-state index contributed by atoms with van der Waals surface area (Å²) < 4.78 is 2.46. The molecule has 1 aromatic rings. The number of likely N-dealkylation sites (N-methyl/N-ethyl adjacent to an activating group) is 1. The number of imidazole rings is 1. The number of aromatic amines is 1. The fourth-order valence-electron chi connectivity index (χ4n) is 1.86. The zero-order chi connectivity index (χ0) is 12.3. The van der Waals surface area contributed by atoms with Gasteiger partial charge < -0.3 is 14.5 Å². The van der Waals surface area contributed by atoms with Crippen LogP contribution >= 0.6 is 12.2 Å². The first-order chi connectivity index (χ1) is 7.52. The number of H-pyrrole nitrogens is 1. The van der Waals surface area contributed by atoms with E-state index in [0.717, 1.165) is 18.8 Å². The van der Waals surface area contributed by atoms with Gasteiger partial charge in [-0.1, -0.05) is 0 Å². The van der Waals surface area contributed by atoms with Crippen LogP contribution in [-0.4, -0.2) is 33.4 Å². The average Bonchev–Trinajstić information content (AvgIpc) is 2.59. The highest BCUT2D eigenvalue weighted by Crippen LogP contribution is 2.13. The Labute approximate surface area is 101 Å². The van der Waals surface area contributed by atoms with Crippen LogP contribution in [0.3, 0.4) is 0 Å². The van der Waals surface area contributed by atoms with Gasteiger partial charge in [0.1, 0.15) is 6.04 Å². The van der Waals surface area contributed by atoms with E-state index >= 15 is 0 Å². The molecule has 0 radical (unpaired) electrons. The Kier molecular flexibility index (Phi) is 4.29. The molecule has 1 rings (SSSR count).